The third-order valence-electron chi connectivity index (χ3n) is 6.18. The van der Waals surface area contributed by atoms with Crippen LogP contribution in [0.1, 0.15) is 17.1 Å². The molecule has 0 aliphatic carbocycles. The van der Waals surface area contributed by atoms with E-state index in [2.05, 4.69) is 30.4 Å². The van der Waals surface area contributed by atoms with Gasteiger partial charge in [-0.25, -0.2) is 15.0 Å². The van der Waals surface area contributed by atoms with Gasteiger partial charge in [0.2, 0.25) is 17.6 Å². The molecule has 6 heterocycles. The molecule has 7 aromatic rings. The van der Waals surface area contributed by atoms with Crippen molar-refractivity contribution in [2.45, 2.75) is 20.8 Å². The van der Waals surface area contributed by atoms with E-state index in [1.807, 2.05) is 0 Å². The van der Waals surface area contributed by atoms with Crippen LogP contribution >= 0.6 is 34.8 Å². The molecule has 42 heavy (non-hydrogen) atoms. The average molecular weight is 626 g/mol. The molecule has 15 heteroatoms. The van der Waals surface area contributed by atoms with Gasteiger partial charge in [0, 0.05) is 36.4 Å². The van der Waals surface area contributed by atoms with E-state index >= 15 is 0 Å². The molecule has 12 nitrogen and oxygen atoms in total. The van der Waals surface area contributed by atoms with Crippen LogP contribution in [0.5, 0.6) is 34.9 Å². The van der Waals surface area contributed by atoms with Crippen molar-refractivity contribution < 1.29 is 27.8 Å². The van der Waals surface area contributed by atoms with Gasteiger partial charge in [-0.2, -0.15) is 0 Å². The van der Waals surface area contributed by atoms with Gasteiger partial charge in [0.05, 0.1) is 17.1 Å². The second kappa shape index (κ2) is 10.0. The number of fused-ring (bicyclic) bond motifs is 3. The first kappa shape index (κ1) is 26.3. The number of aryl methyl sites for hydroxylation is 3. The summed E-state index contributed by atoms with van der Waals surface area (Å²) in [5.41, 5.74) is 2.93. The van der Waals surface area contributed by atoms with Crippen LogP contribution in [0, 0.1) is 20.8 Å². The predicted octanol–water partition coefficient (Wildman–Crippen LogP) is 8.56. The molecule has 0 amide bonds. The number of nitrogens with zero attached hydrogens (tertiary/aromatic N) is 6. The zero-order valence-electron chi connectivity index (χ0n) is 21.7. The predicted molar refractivity (Wildman–Crippen MR) is 151 cm³/mol. The largest absolute Gasteiger partial charge is 0.438 e. The van der Waals surface area contributed by atoms with Crippen LogP contribution in [0.25, 0.3) is 32.9 Å². The number of ether oxygens (including phenoxy) is 3. The Morgan fingerprint density at radius 2 is 0.762 bits per heavy atom. The molecule has 1 aromatic carbocycles. The van der Waals surface area contributed by atoms with Gasteiger partial charge in [-0.3, -0.25) is 0 Å². The fourth-order valence-electron chi connectivity index (χ4n) is 4.40. The van der Waals surface area contributed by atoms with Gasteiger partial charge < -0.3 is 27.8 Å². The van der Waals surface area contributed by atoms with Crippen molar-refractivity contribution in [2.75, 3.05) is 0 Å². The Morgan fingerprint density at radius 1 is 0.476 bits per heavy atom. The Kier molecular flexibility index (Phi) is 6.26. The van der Waals surface area contributed by atoms with Gasteiger partial charge in [0.25, 0.3) is 0 Å². The third-order valence-corrected chi connectivity index (χ3v) is 6.76. The molecule has 0 bridgehead atoms. The van der Waals surface area contributed by atoms with Crippen LogP contribution in [0.2, 0.25) is 15.5 Å². The van der Waals surface area contributed by atoms with Crippen LogP contribution in [0.4, 0.5) is 0 Å². The highest BCUT2D eigenvalue weighted by Crippen LogP contribution is 2.41. The quantitative estimate of drug-likeness (QED) is 0.163. The Morgan fingerprint density at radius 3 is 1.05 bits per heavy atom. The number of hydrogen-bond donors (Lipinski definition) is 0. The van der Waals surface area contributed by atoms with Gasteiger partial charge in [0.1, 0.15) is 48.9 Å². The molecule has 0 atom stereocenters. The summed E-state index contributed by atoms with van der Waals surface area (Å²) in [4.78, 5) is 13.0. The molecule has 0 N–H and O–H groups in total. The smallest absolute Gasteiger partial charge is 0.233 e. The second-order valence-electron chi connectivity index (χ2n) is 9.12. The van der Waals surface area contributed by atoms with Crippen LogP contribution in [0.15, 0.2) is 50.0 Å². The Bertz CT molecular complexity index is 1920. The first-order chi connectivity index (χ1) is 20.2. The summed E-state index contributed by atoms with van der Waals surface area (Å²) in [7, 11) is 0. The first-order valence-corrected chi connectivity index (χ1v) is 13.3. The molecule has 0 aliphatic heterocycles. The van der Waals surface area contributed by atoms with Crippen molar-refractivity contribution >= 4 is 67.7 Å². The Balaban J connectivity index is 1.36. The lowest BCUT2D eigenvalue weighted by molar-refractivity contribution is 0.427. The van der Waals surface area contributed by atoms with Crippen LogP contribution in [0.3, 0.4) is 0 Å². The number of aromatic nitrogens is 6. The zero-order valence-corrected chi connectivity index (χ0v) is 24.0. The number of rotatable bonds is 6. The molecule has 6 aromatic heterocycles. The fraction of sp³-hybridized carbons (Fsp3) is 0.111. The Labute approximate surface area is 250 Å². The molecule has 0 saturated carbocycles. The number of halogens is 3. The van der Waals surface area contributed by atoms with Gasteiger partial charge >= 0.3 is 0 Å². The fourth-order valence-corrected chi connectivity index (χ4v) is 4.92. The summed E-state index contributed by atoms with van der Waals surface area (Å²) >= 11 is 18.7. The molecule has 0 fully saturated rings. The van der Waals surface area contributed by atoms with E-state index in [9.17, 15) is 0 Å². The van der Waals surface area contributed by atoms with E-state index in [0.717, 1.165) is 0 Å². The minimum Gasteiger partial charge on any atom is -0.438 e. The number of hydrogen-bond acceptors (Lipinski definition) is 12. The van der Waals surface area contributed by atoms with E-state index in [-0.39, 0.29) is 50.3 Å². The molecule has 7 rings (SSSR count). The molecule has 0 radical (unpaired) electrons. The van der Waals surface area contributed by atoms with Gasteiger partial charge in [-0.15, -0.1) is 0 Å². The van der Waals surface area contributed by atoms with Gasteiger partial charge in [0.15, 0.2) is 16.7 Å². The molecule has 210 valence electrons. The highest BCUT2D eigenvalue weighted by molar-refractivity contribution is 6.30. The number of benzene rings is 1. The first-order valence-electron chi connectivity index (χ1n) is 12.2. The van der Waals surface area contributed by atoms with E-state index in [0.29, 0.717) is 50.0 Å². The number of pyridine rings is 3. The van der Waals surface area contributed by atoms with Crippen LogP contribution in [-0.2, 0) is 0 Å². The summed E-state index contributed by atoms with van der Waals surface area (Å²) in [6, 6.07) is 9.46. The van der Waals surface area contributed by atoms with E-state index < -0.39 is 0 Å². The normalized spacial score (nSPS) is 11.6. The average Bonchev–Trinajstić information content (AvgIpc) is 3.60. The van der Waals surface area contributed by atoms with Crippen molar-refractivity contribution in [1.29, 1.82) is 0 Å². The summed E-state index contributed by atoms with van der Waals surface area (Å²) in [5.74, 6) is 1.28. The van der Waals surface area contributed by atoms with Crippen molar-refractivity contribution in [1.82, 2.24) is 30.4 Å². The molecular formula is C27H15Cl3N6O6. The lowest BCUT2D eigenvalue weighted by Crippen LogP contribution is -1.96. The second-order valence-corrected chi connectivity index (χ2v) is 10.3. The van der Waals surface area contributed by atoms with E-state index in [1.165, 1.54) is 0 Å². The highest BCUT2D eigenvalue weighted by atomic mass is 35.5. The van der Waals surface area contributed by atoms with E-state index in [4.69, 9.17) is 62.6 Å². The van der Waals surface area contributed by atoms with Crippen molar-refractivity contribution in [3.8, 4) is 34.9 Å². The molecule has 0 saturated heterocycles. The minimum absolute atomic E-state index is 0.152. The van der Waals surface area contributed by atoms with Gasteiger partial charge in [-0.05, 0) is 20.8 Å². The standard InChI is InChI=1S/C27H15Cl3N6O6/c1-10-22-16(40-34-10)7-19(28)31-25(22)37-13-4-14(38-26-23-11(2)35-41-17(23)8-20(29)32-26)6-15(5-13)39-27-24-12(3)36-42-18(24)9-21(30)33-27/h4-9H,1-3H3. The minimum atomic E-state index is 0.152. The molecule has 0 spiro atoms. The molecular weight excluding hydrogens is 611 g/mol. The summed E-state index contributed by atoms with van der Waals surface area (Å²) in [6.07, 6.45) is 0. The lowest BCUT2D eigenvalue weighted by atomic mass is 10.2. The SMILES string of the molecule is Cc1noc2cc(Cl)nc(Oc3cc(Oc4nc(Cl)cc5onc(C)c45)cc(Oc4nc(Cl)cc5onc(C)c45)c3)c12. The summed E-state index contributed by atoms with van der Waals surface area (Å²) in [5, 5.41) is 14.1. The maximum absolute atomic E-state index is 6.23. The Hall–Kier alpha value is -4.65. The summed E-state index contributed by atoms with van der Waals surface area (Å²) in [6.45, 7) is 5.28. The van der Waals surface area contributed by atoms with E-state index in [1.54, 1.807) is 57.2 Å². The third kappa shape index (κ3) is 4.69. The maximum Gasteiger partial charge on any atom is 0.233 e. The summed E-state index contributed by atoms with van der Waals surface area (Å²) < 4.78 is 34.6. The van der Waals surface area contributed by atoms with Gasteiger partial charge in [-0.1, -0.05) is 50.3 Å². The molecule has 0 unspecified atom stereocenters. The zero-order chi connectivity index (χ0) is 29.1. The van der Waals surface area contributed by atoms with Crippen molar-refractivity contribution in [2.24, 2.45) is 0 Å². The van der Waals surface area contributed by atoms with Crippen LogP contribution < -0.4 is 14.2 Å². The van der Waals surface area contributed by atoms with Crippen molar-refractivity contribution in [3.05, 3.63) is 68.9 Å². The van der Waals surface area contributed by atoms with Crippen molar-refractivity contribution in [3.63, 3.8) is 0 Å². The lowest BCUT2D eigenvalue weighted by Gasteiger charge is -2.13. The highest BCUT2D eigenvalue weighted by Gasteiger charge is 2.20. The maximum atomic E-state index is 6.23. The topological polar surface area (TPSA) is 144 Å². The molecule has 0 aliphatic rings. The van der Waals surface area contributed by atoms with Crippen LogP contribution in [-0.4, -0.2) is 30.4 Å². The monoisotopic (exact) mass is 624 g/mol.